The molecule has 1 saturated heterocycles. The maximum atomic E-state index is 11.8. The first kappa shape index (κ1) is 16.5. The molecule has 2 rings (SSSR count). The third-order valence-corrected chi connectivity index (χ3v) is 4.01. The summed E-state index contributed by atoms with van der Waals surface area (Å²) in [5.41, 5.74) is 0. The average Bonchev–Trinajstić information content (AvgIpc) is 2.50. The Hall–Kier alpha value is -1.89. The van der Waals surface area contributed by atoms with Gasteiger partial charge in [0, 0.05) is 38.9 Å². The molecular formula is C15H25N5O2. The number of carbonyl (C=O) groups excluding carboxylic acids is 1. The lowest BCUT2D eigenvalue weighted by atomic mass is 10.0. The van der Waals surface area contributed by atoms with Gasteiger partial charge in [0.05, 0.1) is 6.54 Å². The van der Waals surface area contributed by atoms with E-state index in [4.69, 9.17) is 5.11 Å². The summed E-state index contributed by atoms with van der Waals surface area (Å²) in [5, 5.41) is 12.5. The molecule has 2 heterocycles. The number of aliphatic hydroxyl groups excluding tert-OH is 1. The van der Waals surface area contributed by atoms with Gasteiger partial charge in [-0.1, -0.05) is 13.8 Å². The number of rotatable bonds is 6. The number of nitrogens with one attached hydrogen (secondary N) is 1. The van der Waals surface area contributed by atoms with Crippen LogP contribution in [-0.4, -0.2) is 65.2 Å². The minimum absolute atomic E-state index is 0.0970. The van der Waals surface area contributed by atoms with E-state index >= 15 is 0 Å². The first-order chi connectivity index (χ1) is 10.5. The largest absolute Gasteiger partial charge is 0.396 e. The lowest BCUT2D eigenvalue weighted by Gasteiger charge is -2.32. The van der Waals surface area contributed by atoms with Crippen molar-refractivity contribution in [3.63, 3.8) is 0 Å². The highest BCUT2D eigenvalue weighted by atomic mass is 16.3. The summed E-state index contributed by atoms with van der Waals surface area (Å²) in [7, 11) is 1.81. The van der Waals surface area contributed by atoms with Crippen molar-refractivity contribution in [3.8, 4) is 0 Å². The fourth-order valence-corrected chi connectivity index (χ4v) is 2.45. The van der Waals surface area contributed by atoms with Crippen LogP contribution in [0.2, 0.25) is 0 Å². The highest BCUT2D eigenvalue weighted by Crippen LogP contribution is 2.19. The molecular weight excluding hydrogens is 282 g/mol. The van der Waals surface area contributed by atoms with Crippen molar-refractivity contribution < 1.29 is 9.90 Å². The maximum Gasteiger partial charge on any atom is 0.241 e. The Bertz CT molecular complexity index is 508. The zero-order valence-corrected chi connectivity index (χ0v) is 13.5. The molecule has 1 unspecified atom stereocenters. The van der Waals surface area contributed by atoms with Gasteiger partial charge in [0.15, 0.2) is 0 Å². The fourth-order valence-electron chi connectivity index (χ4n) is 2.45. The van der Waals surface area contributed by atoms with Crippen LogP contribution in [0.3, 0.4) is 0 Å². The molecule has 1 aromatic rings. The Morgan fingerprint density at radius 2 is 2.14 bits per heavy atom. The molecule has 7 nitrogen and oxygen atoms in total. The molecule has 22 heavy (non-hydrogen) atoms. The number of aromatic nitrogens is 2. The molecule has 1 aromatic heterocycles. The number of carbonyl (C=O) groups is 1. The summed E-state index contributed by atoms with van der Waals surface area (Å²) >= 11 is 0. The molecule has 1 fully saturated rings. The number of hydrogen-bond acceptors (Lipinski definition) is 6. The summed E-state index contributed by atoms with van der Waals surface area (Å²) in [6, 6.07) is 2.02. The van der Waals surface area contributed by atoms with E-state index in [1.165, 1.54) is 6.33 Å². The molecule has 0 bridgehead atoms. The van der Waals surface area contributed by atoms with Crippen LogP contribution in [0.15, 0.2) is 12.4 Å². The zero-order chi connectivity index (χ0) is 16.1. The van der Waals surface area contributed by atoms with Crippen LogP contribution in [0, 0.1) is 5.92 Å². The van der Waals surface area contributed by atoms with Crippen LogP contribution < -0.4 is 10.2 Å². The molecule has 0 spiro atoms. The van der Waals surface area contributed by atoms with Gasteiger partial charge in [-0.15, -0.1) is 0 Å². The van der Waals surface area contributed by atoms with E-state index in [-0.39, 0.29) is 18.6 Å². The standard InChI is InChI=1S/C15H25N5O2/c1-11(2)12(4-7-21)18-13-8-14(17-10-16-13)20-6-5-19(3)15(22)9-20/h8,10-12,21H,4-7,9H2,1-3H3,(H,16,17,18). The summed E-state index contributed by atoms with van der Waals surface area (Å²) in [6.07, 6.45) is 2.18. The number of likely N-dealkylation sites (N-methyl/N-ethyl adjacent to an activating group) is 1. The smallest absolute Gasteiger partial charge is 0.241 e. The van der Waals surface area contributed by atoms with Crippen molar-refractivity contribution >= 4 is 17.5 Å². The number of hydrogen-bond donors (Lipinski definition) is 2. The molecule has 122 valence electrons. The first-order valence-corrected chi connectivity index (χ1v) is 7.69. The van der Waals surface area contributed by atoms with E-state index in [0.717, 1.165) is 18.2 Å². The SMILES string of the molecule is CC(C)C(CCO)Nc1cc(N2CCN(C)C(=O)C2)ncn1. The van der Waals surface area contributed by atoms with Gasteiger partial charge in [0.25, 0.3) is 0 Å². The second kappa shape index (κ2) is 7.40. The Labute approximate surface area is 131 Å². The maximum absolute atomic E-state index is 11.8. The van der Waals surface area contributed by atoms with E-state index in [1.807, 2.05) is 18.0 Å². The van der Waals surface area contributed by atoms with Gasteiger partial charge in [0.2, 0.25) is 5.91 Å². The highest BCUT2D eigenvalue weighted by molar-refractivity contribution is 5.82. The predicted molar refractivity (Wildman–Crippen MR) is 85.8 cm³/mol. The molecule has 0 aliphatic carbocycles. The molecule has 0 radical (unpaired) electrons. The van der Waals surface area contributed by atoms with Crippen molar-refractivity contribution in [1.29, 1.82) is 0 Å². The van der Waals surface area contributed by atoms with Crippen LogP contribution in [-0.2, 0) is 4.79 Å². The molecule has 1 aliphatic heterocycles. The van der Waals surface area contributed by atoms with Crippen LogP contribution in [0.25, 0.3) is 0 Å². The molecule has 1 atom stereocenters. The van der Waals surface area contributed by atoms with Gasteiger partial charge in [-0.3, -0.25) is 4.79 Å². The number of aliphatic hydroxyl groups is 1. The molecule has 1 aliphatic rings. The van der Waals surface area contributed by atoms with Gasteiger partial charge >= 0.3 is 0 Å². The highest BCUT2D eigenvalue weighted by Gasteiger charge is 2.22. The minimum Gasteiger partial charge on any atom is -0.396 e. The van der Waals surface area contributed by atoms with Crippen molar-refractivity contribution in [3.05, 3.63) is 12.4 Å². The van der Waals surface area contributed by atoms with Crippen molar-refractivity contribution in [2.24, 2.45) is 5.92 Å². The molecule has 0 aromatic carbocycles. The summed E-state index contributed by atoms with van der Waals surface area (Å²) in [5.74, 6) is 1.96. The van der Waals surface area contributed by atoms with Gasteiger partial charge < -0.3 is 20.2 Å². The minimum atomic E-state index is 0.0970. The van der Waals surface area contributed by atoms with Gasteiger partial charge in [-0.05, 0) is 12.3 Å². The average molecular weight is 307 g/mol. The number of amides is 1. The summed E-state index contributed by atoms with van der Waals surface area (Å²) < 4.78 is 0. The Morgan fingerprint density at radius 3 is 2.77 bits per heavy atom. The monoisotopic (exact) mass is 307 g/mol. The Balaban J connectivity index is 2.08. The van der Waals surface area contributed by atoms with E-state index in [2.05, 4.69) is 29.1 Å². The normalized spacial score (nSPS) is 17.0. The third-order valence-electron chi connectivity index (χ3n) is 4.01. The van der Waals surface area contributed by atoms with Crippen LogP contribution >= 0.6 is 0 Å². The topological polar surface area (TPSA) is 81.6 Å². The molecule has 2 N–H and O–H groups in total. The third kappa shape index (κ3) is 4.07. The van der Waals surface area contributed by atoms with E-state index in [1.54, 1.807) is 4.90 Å². The lowest BCUT2D eigenvalue weighted by Crippen LogP contribution is -2.48. The van der Waals surface area contributed by atoms with Gasteiger partial charge in [-0.25, -0.2) is 9.97 Å². The zero-order valence-electron chi connectivity index (χ0n) is 13.5. The van der Waals surface area contributed by atoms with E-state index in [9.17, 15) is 4.79 Å². The summed E-state index contributed by atoms with van der Waals surface area (Å²) in [4.78, 5) is 24.0. The summed E-state index contributed by atoms with van der Waals surface area (Å²) in [6.45, 7) is 6.16. The van der Waals surface area contributed by atoms with Crippen LogP contribution in [0.5, 0.6) is 0 Å². The predicted octanol–water partition coefficient (Wildman–Crippen LogP) is 0.574. The quantitative estimate of drug-likeness (QED) is 0.800. The molecule has 1 amide bonds. The number of anilines is 2. The lowest BCUT2D eigenvalue weighted by molar-refractivity contribution is -0.129. The Morgan fingerprint density at radius 1 is 1.36 bits per heavy atom. The van der Waals surface area contributed by atoms with E-state index in [0.29, 0.717) is 25.4 Å². The van der Waals surface area contributed by atoms with Crippen molar-refractivity contribution in [2.45, 2.75) is 26.3 Å². The second-order valence-electron chi connectivity index (χ2n) is 6.01. The van der Waals surface area contributed by atoms with Gasteiger partial charge in [0.1, 0.15) is 18.0 Å². The number of piperazine rings is 1. The van der Waals surface area contributed by atoms with Crippen LogP contribution in [0.4, 0.5) is 11.6 Å². The van der Waals surface area contributed by atoms with Crippen molar-refractivity contribution in [2.75, 3.05) is 43.5 Å². The Kier molecular flexibility index (Phi) is 5.54. The second-order valence-corrected chi connectivity index (χ2v) is 6.01. The fraction of sp³-hybridized carbons (Fsp3) is 0.667. The van der Waals surface area contributed by atoms with Crippen molar-refractivity contribution in [1.82, 2.24) is 14.9 Å². The van der Waals surface area contributed by atoms with E-state index < -0.39 is 0 Å². The first-order valence-electron chi connectivity index (χ1n) is 7.69. The number of nitrogens with zero attached hydrogens (tertiary/aromatic N) is 4. The molecule has 0 saturated carbocycles. The van der Waals surface area contributed by atoms with Crippen LogP contribution in [0.1, 0.15) is 20.3 Å². The molecule has 7 heteroatoms. The van der Waals surface area contributed by atoms with Gasteiger partial charge in [-0.2, -0.15) is 0 Å².